The summed E-state index contributed by atoms with van der Waals surface area (Å²) in [5.74, 6) is 0.531. The van der Waals surface area contributed by atoms with Gasteiger partial charge in [-0.2, -0.15) is 4.31 Å². The van der Waals surface area contributed by atoms with Gasteiger partial charge in [-0.25, -0.2) is 8.42 Å². The molecule has 2 rings (SSSR count). The summed E-state index contributed by atoms with van der Waals surface area (Å²) in [4.78, 5) is 0.367. The molecule has 0 amide bonds. The average Bonchev–Trinajstić information content (AvgIpc) is 3.10. The van der Waals surface area contributed by atoms with Crippen molar-refractivity contribution in [1.29, 1.82) is 0 Å². The smallest absolute Gasteiger partial charge is 0.244 e. The second-order valence-corrected chi connectivity index (χ2v) is 8.37. The highest BCUT2D eigenvalue weighted by atomic mass is 32.2. The van der Waals surface area contributed by atoms with E-state index in [0.717, 1.165) is 18.5 Å². The fraction of sp³-hybridized carbons (Fsp3) is 0.733. The maximum absolute atomic E-state index is 12.9. The van der Waals surface area contributed by atoms with E-state index >= 15 is 0 Å². The highest BCUT2D eigenvalue weighted by molar-refractivity contribution is 7.89. The van der Waals surface area contributed by atoms with Crippen molar-refractivity contribution in [3.05, 3.63) is 18.0 Å². The van der Waals surface area contributed by atoms with E-state index in [4.69, 9.17) is 5.73 Å². The lowest BCUT2D eigenvalue weighted by molar-refractivity contribution is 0.341. The van der Waals surface area contributed by atoms with Crippen LogP contribution in [0.4, 0.5) is 0 Å². The van der Waals surface area contributed by atoms with Gasteiger partial charge in [-0.1, -0.05) is 0 Å². The zero-order chi connectivity index (χ0) is 15.8. The van der Waals surface area contributed by atoms with E-state index < -0.39 is 10.0 Å². The monoisotopic (exact) mass is 313 g/mol. The van der Waals surface area contributed by atoms with Crippen molar-refractivity contribution in [3.8, 4) is 0 Å². The maximum Gasteiger partial charge on any atom is 0.244 e. The number of hydrogen-bond acceptors (Lipinski definition) is 3. The number of rotatable bonds is 7. The van der Waals surface area contributed by atoms with E-state index in [2.05, 4.69) is 0 Å². The summed E-state index contributed by atoms with van der Waals surface area (Å²) in [5, 5.41) is 0. The fourth-order valence-electron chi connectivity index (χ4n) is 2.56. The Morgan fingerprint density at radius 3 is 2.33 bits per heavy atom. The molecule has 1 aliphatic carbocycles. The van der Waals surface area contributed by atoms with Crippen LogP contribution >= 0.6 is 0 Å². The highest BCUT2D eigenvalue weighted by Gasteiger charge is 2.34. The molecule has 0 spiro atoms. The van der Waals surface area contributed by atoms with Gasteiger partial charge in [0.25, 0.3) is 0 Å². The van der Waals surface area contributed by atoms with Gasteiger partial charge in [-0.05, 0) is 52.5 Å². The summed E-state index contributed by atoms with van der Waals surface area (Å²) in [6.45, 7) is 8.90. The minimum atomic E-state index is -3.44. The molecule has 21 heavy (non-hydrogen) atoms. The molecule has 1 aliphatic rings. The Balaban J connectivity index is 2.36. The van der Waals surface area contributed by atoms with Crippen LogP contribution in [0, 0.1) is 5.92 Å². The standard InChI is InChI=1S/C15H27N3O2S/c1-11(2)17-10-15(7-14(17)8-16)21(19,20)18(12(3)4)9-13-5-6-13/h7,10-13H,5-6,8-9,16H2,1-4H3. The molecule has 0 saturated heterocycles. The van der Waals surface area contributed by atoms with Crippen LogP contribution in [0.3, 0.4) is 0 Å². The molecular weight excluding hydrogens is 286 g/mol. The van der Waals surface area contributed by atoms with Crippen LogP contribution < -0.4 is 5.73 Å². The van der Waals surface area contributed by atoms with Crippen molar-refractivity contribution < 1.29 is 8.42 Å². The van der Waals surface area contributed by atoms with E-state index in [1.807, 2.05) is 32.3 Å². The molecule has 120 valence electrons. The summed E-state index contributed by atoms with van der Waals surface area (Å²) in [6, 6.07) is 1.89. The molecule has 0 aliphatic heterocycles. The van der Waals surface area contributed by atoms with Gasteiger partial charge in [0.05, 0.1) is 0 Å². The van der Waals surface area contributed by atoms with Gasteiger partial charge < -0.3 is 10.3 Å². The number of sulfonamides is 1. The van der Waals surface area contributed by atoms with Crippen LogP contribution in [0.2, 0.25) is 0 Å². The molecule has 1 aromatic heterocycles. The van der Waals surface area contributed by atoms with Crippen LogP contribution in [-0.4, -0.2) is 29.9 Å². The van der Waals surface area contributed by atoms with Gasteiger partial charge in [0.15, 0.2) is 0 Å². The quantitative estimate of drug-likeness (QED) is 0.840. The predicted octanol–water partition coefficient (Wildman–Crippen LogP) is 2.34. The van der Waals surface area contributed by atoms with E-state index in [9.17, 15) is 8.42 Å². The second kappa shape index (κ2) is 6.10. The van der Waals surface area contributed by atoms with Gasteiger partial charge in [0.2, 0.25) is 10.0 Å². The van der Waals surface area contributed by atoms with Crippen molar-refractivity contribution in [2.75, 3.05) is 6.54 Å². The summed E-state index contributed by atoms with van der Waals surface area (Å²) >= 11 is 0. The third kappa shape index (κ3) is 3.49. The first-order valence-corrected chi connectivity index (χ1v) is 9.14. The summed E-state index contributed by atoms with van der Waals surface area (Å²) in [5.41, 5.74) is 6.60. The summed E-state index contributed by atoms with van der Waals surface area (Å²) in [7, 11) is -3.44. The summed E-state index contributed by atoms with van der Waals surface area (Å²) < 4.78 is 29.4. The third-order valence-electron chi connectivity index (χ3n) is 3.99. The minimum Gasteiger partial charge on any atom is -0.346 e. The van der Waals surface area contributed by atoms with Crippen LogP contribution in [0.5, 0.6) is 0 Å². The molecule has 0 radical (unpaired) electrons. The SMILES string of the molecule is CC(C)N(CC1CC1)S(=O)(=O)c1cc(CN)n(C(C)C)c1. The van der Waals surface area contributed by atoms with Crippen molar-refractivity contribution in [2.24, 2.45) is 11.7 Å². The van der Waals surface area contributed by atoms with Crippen molar-refractivity contribution in [1.82, 2.24) is 8.87 Å². The molecule has 0 atom stereocenters. The Hall–Kier alpha value is -0.850. The van der Waals surface area contributed by atoms with E-state index in [0.29, 0.717) is 23.9 Å². The molecule has 5 nitrogen and oxygen atoms in total. The zero-order valence-electron chi connectivity index (χ0n) is 13.4. The van der Waals surface area contributed by atoms with Crippen LogP contribution in [-0.2, 0) is 16.6 Å². The first kappa shape index (κ1) is 16.5. The fourth-order valence-corrected chi connectivity index (χ4v) is 4.32. The van der Waals surface area contributed by atoms with Crippen LogP contribution in [0.1, 0.15) is 52.3 Å². The predicted molar refractivity (Wildman–Crippen MR) is 84.5 cm³/mol. The topological polar surface area (TPSA) is 68.3 Å². The lowest BCUT2D eigenvalue weighted by Crippen LogP contribution is -2.38. The van der Waals surface area contributed by atoms with Gasteiger partial charge in [0, 0.05) is 37.1 Å². The Kier molecular flexibility index (Phi) is 4.80. The second-order valence-electron chi connectivity index (χ2n) is 6.48. The Labute approximate surface area is 128 Å². The molecule has 6 heteroatoms. The lowest BCUT2D eigenvalue weighted by Gasteiger charge is -2.25. The molecule has 1 saturated carbocycles. The molecule has 2 N–H and O–H groups in total. The van der Waals surface area contributed by atoms with Crippen LogP contribution in [0.25, 0.3) is 0 Å². The number of nitrogens with zero attached hydrogens (tertiary/aromatic N) is 2. The van der Waals surface area contributed by atoms with Crippen molar-refractivity contribution >= 4 is 10.0 Å². The molecule has 1 fully saturated rings. The van der Waals surface area contributed by atoms with E-state index in [1.165, 1.54) is 0 Å². The van der Waals surface area contributed by atoms with Gasteiger partial charge in [0.1, 0.15) is 4.90 Å². The van der Waals surface area contributed by atoms with Crippen molar-refractivity contribution in [2.45, 2.75) is 64.1 Å². The normalized spacial score (nSPS) is 16.4. The number of aromatic nitrogens is 1. The third-order valence-corrected chi connectivity index (χ3v) is 6.00. The first-order chi connectivity index (χ1) is 9.77. The number of hydrogen-bond donors (Lipinski definition) is 1. The molecule has 0 bridgehead atoms. The zero-order valence-corrected chi connectivity index (χ0v) is 14.2. The lowest BCUT2D eigenvalue weighted by atomic mass is 10.3. The van der Waals surface area contributed by atoms with Crippen LogP contribution in [0.15, 0.2) is 17.2 Å². The molecule has 0 unspecified atom stereocenters. The minimum absolute atomic E-state index is 0.0284. The Morgan fingerprint density at radius 1 is 1.33 bits per heavy atom. The molecular formula is C15H27N3O2S. The maximum atomic E-state index is 12.9. The average molecular weight is 313 g/mol. The van der Waals surface area contributed by atoms with Gasteiger partial charge >= 0.3 is 0 Å². The highest BCUT2D eigenvalue weighted by Crippen LogP contribution is 2.33. The van der Waals surface area contributed by atoms with Gasteiger partial charge in [-0.15, -0.1) is 0 Å². The first-order valence-electron chi connectivity index (χ1n) is 7.70. The molecule has 1 heterocycles. The number of nitrogens with two attached hydrogens (primary N) is 1. The van der Waals surface area contributed by atoms with Crippen molar-refractivity contribution in [3.63, 3.8) is 0 Å². The largest absolute Gasteiger partial charge is 0.346 e. The Bertz CT molecular complexity index is 586. The molecule has 0 aromatic carbocycles. The summed E-state index contributed by atoms with van der Waals surface area (Å²) in [6.07, 6.45) is 4.00. The van der Waals surface area contributed by atoms with E-state index in [1.54, 1.807) is 16.6 Å². The Morgan fingerprint density at radius 2 is 1.95 bits per heavy atom. The van der Waals surface area contributed by atoms with E-state index in [-0.39, 0.29) is 12.1 Å². The molecule has 1 aromatic rings. The van der Waals surface area contributed by atoms with Gasteiger partial charge in [-0.3, -0.25) is 0 Å².